The normalized spacial score (nSPS) is 25.5. The number of unbranched alkanes of at least 4 members (excludes halogenated alkanes) is 2. The number of hydrogen-bond acceptors (Lipinski definition) is 10. The molecule has 58 heavy (non-hydrogen) atoms. The van der Waals surface area contributed by atoms with Crippen LogP contribution in [0.3, 0.4) is 0 Å². The first-order valence-electron chi connectivity index (χ1n) is 21.2. The zero-order valence-corrected chi connectivity index (χ0v) is 34.0. The Kier molecular flexibility index (Phi) is 15.2. The van der Waals surface area contributed by atoms with E-state index in [1.165, 1.54) is 25.0 Å². The van der Waals surface area contributed by atoms with E-state index < -0.39 is 22.7 Å². The standard InChI is InChI=1S/C46H61N3O9/c1-4-26-55-36-21-22-41-39(29-36)44-37(15-9-11-25-51)34(14-8-10-24-50)28-38-40(47-57-31-33-16-19-35(20-17-33)49(53)54)30-42(46(58-41,45(38)44)56-27-5-2)48(3)43(52)23-18-32-12-6-7-13-32/h4-5,16-17,19-22,28-29,32,34,37,42,44-45,50-51H,1-2,6-15,18,23-27,30-31H2,3H3. The molecule has 2 fully saturated rings. The third-order valence-corrected chi connectivity index (χ3v) is 12.7. The monoisotopic (exact) mass is 799 g/mol. The molecule has 2 N–H and O–H groups in total. The van der Waals surface area contributed by atoms with E-state index in [4.69, 9.17) is 24.2 Å². The molecule has 0 radical (unpaired) electrons. The van der Waals surface area contributed by atoms with Crippen molar-refractivity contribution >= 4 is 17.3 Å². The van der Waals surface area contributed by atoms with Crippen molar-refractivity contribution in [1.29, 1.82) is 0 Å². The lowest BCUT2D eigenvalue weighted by Crippen LogP contribution is -2.69. The predicted molar refractivity (Wildman–Crippen MR) is 222 cm³/mol. The highest BCUT2D eigenvalue weighted by Crippen LogP contribution is 2.62. The highest BCUT2D eigenvalue weighted by atomic mass is 16.7. The zero-order chi connectivity index (χ0) is 41.1. The summed E-state index contributed by atoms with van der Waals surface area (Å²) in [7, 11) is 1.85. The van der Waals surface area contributed by atoms with Crippen LogP contribution in [0.4, 0.5) is 5.69 Å². The largest absolute Gasteiger partial charge is 0.490 e. The summed E-state index contributed by atoms with van der Waals surface area (Å²) in [4.78, 5) is 33.1. The molecule has 0 aromatic heterocycles. The number of nitrogens with zero attached hydrogens (tertiary/aromatic N) is 3. The van der Waals surface area contributed by atoms with Crippen molar-refractivity contribution in [3.8, 4) is 11.5 Å². The fourth-order valence-corrected chi connectivity index (χ4v) is 9.85. The van der Waals surface area contributed by atoms with Gasteiger partial charge in [0.25, 0.3) is 5.69 Å². The van der Waals surface area contributed by atoms with Crippen molar-refractivity contribution in [3.63, 3.8) is 0 Å². The van der Waals surface area contributed by atoms with E-state index in [-0.39, 0.29) is 55.8 Å². The number of carbonyl (C=O) groups is 1. The summed E-state index contributed by atoms with van der Waals surface area (Å²) in [6, 6.07) is 11.5. The molecule has 2 aromatic rings. The summed E-state index contributed by atoms with van der Waals surface area (Å²) in [5, 5.41) is 35.8. The molecule has 1 amide bonds. The lowest BCUT2D eigenvalue weighted by molar-refractivity contribution is -0.384. The number of rotatable bonds is 22. The van der Waals surface area contributed by atoms with Crippen molar-refractivity contribution in [2.45, 2.75) is 108 Å². The first-order chi connectivity index (χ1) is 28.2. The van der Waals surface area contributed by atoms with Crippen LogP contribution in [-0.4, -0.2) is 77.0 Å². The Morgan fingerprint density at radius 3 is 2.43 bits per heavy atom. The summed E-state index contributed by atoms with van der Waals surface area (Å²) in [6.07, 6.45) is 16.7. The minimum atomic E-state index is -1.32. The summed E-state index contributed by atoms with van der Waals surface area (Å²) in [5.41, 5.74) is 3.35. The van der Waals surface area contributed by atoms with Crippen molar-refractivity contribution in [1.82, 2.24) is 4.90 Å². The van der Waals surface area contributed by atoms with Gasteiger partial charge in [-0.1, -0.05) is 68.5 Å². The molecule has 6 atom stereocenters. The van der Waals surface area contributed by atoms with Gasteiger partial charge in [-0.25, -0.2) is 0 Å². The van der Waals surface area contributed by atoms with Gasteiger partial charge in [0.15, 0.2) is 0 Å². The fourth-order valence-electron chi connectivity index (χ4n) is 9.85. The molecule has 2 aromatic carbocycles. The molecule has 12 heteroatoms. The van der Waals surface area contributed by atoms with Gasteiger partial charge in [0.05, 0.1) is 23.2 Å². The molecule has 314 valence electrons. The first kappa shape index (κ1) is 43.1. The van der Waals surface area contributed by atoms with Crippen LogP contribution in [0.2, 0.25) is 0 Å². The van der Waals surface area contributed by atoms with Gasteiger partial charge in [0, 0.05) is 56.7 Å². The van der Waals surface area contributed by atoms with Crippen LogP contribution in [0.5, 0.6) is 11.5 Å². The number of amides is 1. The van der Waals surface area contributed by atoms with Gasteiger partial charge in [0.2, 0.25) is 11.7 Å². The highest BCUT2D eigenvalue weighted by Gasteiger charge is 2.65. The van der Waals surface area contributed by atoms with E-state index >= 15 is 0 Å². The van der Waals surface area contributed by atoms with Crippen LogP contribution in [-0.2, 0) is 21.0 Å². The molecule has 6 unspecified atom stereocenters. The van der Waals surface area contributed by atoms with Crippen molar-refractivity contribution in [2.75, 3.05) is 33.5 Å². The Balaban J connectivity index is 1.49. The van der Waals surface area contributed by atoms with Crippen LogP contribution < -0.4 is 9.47 Å². The molecule has 1 aliphatic heterocycles. The van der Waals surface area contributed by atoms with E-state index in [0.29, 0.717) is 55.4 Å². The van der Waals surface area contributed by atoms with E-state index in [2.05, 4.69) is 25.3 Å². The highest BCUT2D eigenvalue weighted by molar-refractivity contribution is 6.03. The second-order valence-corrected chi connectivity index (χ2v) is 16.3. The molecular weight excluding hydrogens is 739 g/mol. The number of allylic oxidation sites excluding steroid dienone is 1. The SMILES string of the molecule is C=CCOc1ccc2c(c1)C1C(CCCCO)C(CCCCO)C=C3C(=NOCc4ccc([N+](=O)[O-])cc4)CC(N(C)C(=O)CCC4CCCC4)C(OCC=C)(O2)C31. The third kappa shape index (κ3) is 9.67. The van der Waals surface area contributed by atoms with Crippen LogP contribution in [0.25, 0.3) is 0 Å². The number of oxime groups is 1. The summed E-state index contributed by atoms with van der Waals surface area (Å²) in [5.74, 6) is 0.208. The Morgan fingerprint density at radius 1 is 1.02 bits per heavy atom. The average Bonchev–Trinajstić information content (AvgIpc) is 3.76. The van der Waals surface area contributed by atoms with E-state index in [1.54, 1.807) is 24.3 Å². The summed E-state index contributed by atoms with van der Waals surface area (Å²) in [6.45, 7) is 8.67. The van der Waals surface area contributed by atoms with Gasteiger partial charge in [-0.3, -0.25) is 14.9 Å². The average molecular weight is 800 g/mol. The second kappa shape index (κ2) is 20.4. The van der Waals surface area contributed by atoms with E-state index in [9.17, 15) is 25.1 Å². The quantitative estimate of drug-likeness (QED) is 0.0517. The minimum Gasteiger partial charge on any atom is -0.490 e. The smallest absolute Gasteiger partial charge is 0.269 e. The van der Waals surface area contributed by atoms with Crippen LogP contribution in [0, 0.1) is 33.8 Å². The lowest BCUT2D eigenvalue weighted by atomic mass is 9.55. The maximum absolute atomic E-state index is 14.3. The van der Waals surface area contributed by atoms with Crippen LogP contribution >= 0.6 is 0 Å². The van der Waals surface area contributed by atoms with Gasteiger partial charge in [0.1, 0.15) is 30.8 Å². The Hall–Kier alpha value is -4.52. The number of benzene rings is 2. The van der Waals surface area contributed by atoms with Crippen LogP contribution in [0.1, 0.15) is 101 Å². The molecule has 1 heterocycles. The molecule has 3 aliphatic carbocycles. The number of hydrogen-bond donors (Lipinski definition) is 2. The van der Waals surface area contributed by atoms with Gasteiger partial charge in [-0.2, -0.15) is 0 Å². The molecular formula is C46H61N3O9. The maximum atomic E-state index is 14.3. The van der Waals surface area contributed by atoms with Gasteiger partial charge in [-0.15, -0.1) is 6.58 Å². The number of ether oxygens (including phenoxy) is 3. The molecule has 12 nitrogen and oxygen atoms in total. The number of aliphatic hydroxyl groups is 2. The topological polar surface area (TPSA) is 153 Å². The lowest BCUT2D eigenvalue weighted by Gasteiger charge is -2.59. The van der Waals surface area contributed by atoms with Gasteiger partial charge < -0.3 is 34.2 Å². The first-order valence-corrected chi connectivity index (χ1v) is 21.2. The number of fused-ring (bicyclic) bond motifs is 2. The third-order valence-electron chi connectivity index (χ3n) is 12.7. The Morgan fingerprint density at radius 2 is 1.74 bits per heavy atom. The number of non-ortho nitro benzene ring substituents is 1. The summed E-state index contributed by atoms with van der Waals surface area (Å²) >= 11 is 0. The Labute approximate surface area is 342 Å². The molecule has 6 rings (SSSR count). The van der Waals surface area contributed by atoms with Crippen molar-refractivity contribution < 1.29 is 39.0 Å². The number of aliphatic hydroxyl groups excluding tert-OH is 2. The molecule has 4 aliphatic rings. The second-order valence-electron chi connectivity index (χ2n) is 16.3. The van der Waals surface area contributed by atoms with Crippen molar-refractivity contribution in [3.05, 3.63) is 101 Å². The number of nitro benzene ring substituents is 1. The number of carbonyl (C=O) groups excluding carboxylic acids is 1. The summed E-state index contributed by atoms with van der Waals surface area (Å²) < 4.78 is 20.3. The molecule has 0 bridgehead atoms. The minimum absolute atomic E-state index is 0.00324. The zero-order valence-electron chi connectivity index (χ0n) is 34.0. The predicted octanol–water partition coefficient (Wildman–Crippen LogP) is 8.42. The van der Waals surface area contributed by atoms with Crippen LogP contribution in [0.15, 0.2) is 84.6 Å². The van der Waals surface area contributed by atoms with Gasteiger partial charge >= 0.3 is 0 Å². The van der Waals surface area contributed by atoms with Gasteiger partial charge in [-0.05, 0) is 91.3 Å². The molecule has 0 spiro atoms. The molecule has 2 saturated carbocycles. The Bertz CT molecular complexity index is 1790. The van der Waals surface area contributed by atoms with E-state index in [0.717, 1.165) is 61.6 Å². The van der Waals surface area contributed by atoms with Crippen molar-refractivity contribution in [2.24, 2.45) is 28.8 Å². The maximum Gasteiger partial charge on any atom is 0.269 e. The number of nitro groups is 1. The van der Waals surface area contributed by atoms with E-state index in [1.807, 2.05) is 24.1 Å². The molecule has 0 saturated heterocycles. The fraction of sp³-hybridized carbons (Fsp3) is 0.565. The number of likely N-dealkylation sites (N-methyl/N-ethyl adjacent to an activating group) is 1.